The van der Waals surface area contributed by atoms with Gasteiger partial charge in [0.15, 0.2) is 17.3 Å². The molecule has 0 atom stereocenters. The average Bonchev–Trinajstić information content (AvgIpc) is 2.75. The van der Waals surface area contributed by atoms with E-state index < -0.39 is 0 Å². The molecule has 0 amide bonds. The molecule has 2 aromatic carbocycles. The number of nitrogens with zero attached hydrogens (tertiary/aromatic N) is 3. The molecule has 0 bridgehead atoms. The summed E-state index contributed by atoms with van der Waals surface area (Å²) in [5.41, 5.74) is 2.01. The van der Waals surface area contributed by atoms with Crippen molar-refractivity contribution in [3.63, 3.8) is 0 Å². The molecule has 2 heterocycles. The van der Waals surface area contributed by atoms with Crippen molar-refractivity contribution >= 4 is 28.9 Å². The van der Waals surface area contributed by atoms with E-state index in [0.717, 1.165) is 37.6 Å². The van der Waals surface area contributed by atoms with Crippen molar-refractivity contribution in [2.75, 3.05) is 31.2 Å². The number of phenolic OH excluding ortho intramolecular Hbond substituents is 1. The maximum Gasteiger partial charge on any atom is 0.222 e. The SMILES string of the molecule is Oc1c(Cl)ccc(Oc2ccnc(-c3ccc(N4CCOCC4)cc3)n2)c1Cl. The van der Waals surface area contributed by atoms with Crippen LogP contribution < -0.4 is 9.64 Å². The lowest BCUT2D eigenvalue weighted by Crippen LogP contribution is -2.36. The minimum atomic E-state index is -0.228. The van der Waals surface area contributed by atoms with Crippen LogP contribution in [0.5, 0.6) is 17.4 Å². The van der Waals surface area contributed by atoms with Gasteiger partial charge in [0.2, 0.25) is 5.88 Å². The van der Waals surface area contributed by atoms with Crippen molar-refractivity contribution in [2.45, 2.75) is 0 Å². The summed E-state index contributed by atoms with van der Waals surface area (Å²) in [5.74, 6) is 0.871. The van der Waals surface area contributed by atoms with Crippen LogP contribution in [0, 0.1) is 0 Å². The second-order valence-corrected chi connectivity index (χ2v) is 6.96. The summed E-state index contributed by atoms with van der Waals surface area (Å²) in [6.45, 7) is 3.25. The highest BCUT2D eigenvalue weighted by Gasteiger charge is 2.14. The van der Waals surface area contributed by atoms with Crippen LogP contribution >= 0.6 is 23.2 Å². The second-order valence-electron chi connectivity index (χ2n) is 6.17. The van der Waals surface area contributed by atoms with E-state index in [1.165, 1.54) is 6.07 Å². The van der Waals surface area contributed by atoms with Crippen molar-refractivity contribution in [1.82, 2.24) is 9.97 Å². The maximum absolute atomic E-state index is 9.84. The van der Waals surface area contributed by atoms with Gasteiger partial charge in [-0.25, -0.2) is 4.98 Å². The predicted octanol–water partition coefficient (Wildman–Crippen LogP) is 4.78. The molecule has 0 saturated carbocycles. The smallest absolute Gasteiger partial charge is 0.222 e. The number of aromatic nitrogens is 2. The van der Waals surface area contributed by atoms with Gasteiger partial charge in [-0.2, -0.15) is 4.98 Å². The number of morpholine rings is 1. The third kappa shape index (κ3) is 3.99. The number of anilines is 1. The summed E-state index contributed by atoms with van der Waals surface area (Å²) in [7, 11) is 0. The van der Waals surface area contributed by atoms with Crippen molar-refractivity contribution in [3.8, 4) is 28.8 Å². The van der Waals surface area contributed by atoms with E-state index in [9.17, 15) is 5.11 Å². The van der Waals surface area contributed by atoms with Crippen molar-refractivity contribution in [2.24, 2.45) is 0 Å². The number of rotatable bonds is 4. The first kappa shape index (κ1) is 18.8. The Morgan fingerprint density at radius 1 is 1.00 bits per heavy atom. The zero-order chi connectivity index (χ0) is 19.5. The molecule has 1 fully saturated rings. The van der Waals surface area contributed by atoms with Crippen molar-refractivity contribution < 1.29 is 14.6 Å². The molecular weight excluding hydrogens is 401 g/mol. The van der Waals surface area contributed by atoms with Gasteiger partial charge in [-0.1, -0.05) is 23.2 Å². The molecule has 1 aromatic heterocycles. The van der Waals surface area contributed by atoms with Crippen LogP contribution in [-0.4, -0.2) is 41.4 Å². The molecule has 0 radical (unpaired) electrons. The van der Waals surface area contributed by atoms with Gasteiger partial charge in [0.05, 0.1) is 18.2 Å². The third-order valence-electron chi connectivity index (χ3n) is 4.38. The van der Waals surface area contributed by atoms with Crippen LogP contribution in [0.4, 0.5) is 5.69 Å². The highest BCUT2D eigenvalue weighted by molar-refractivity contribution is 6.38. The topological polar surface area (TPSA) is 67.7 Å². The number of hydrogen-bond acceptors (Lipinski definition) is 6. The molecule has 144 valence electrons. The summed E-state index contributed by atoms with van der Waals surface area (Å²) >= 11 is 11.9. The Kier molecular flexibility index (Phi) is 5.52. The summed E-state index contributed by atoms with van der Waals surface area (Å²) in [5, 5.41) is 10.0. The van der Waals surface area contributed by atoms with E-state index >= 15 is 0 Å². The maximum atomic E-state index is 9.84. The van der Waals surface area contributed by atoms with Gasteiger partial charge in [-0.15, -0.1) is 0 Å². The third-order valence-corrected chi connectivity index (χ3v) is 5.05. The van der Waals surface area contributed by atoms with Crippen LogP contribution in [-0.2, 0) is 4.74 Å². The zero-order valence-corrected chi connectivity index (χ0v) is 16.3. The molecule has 0 unspecified atom stereocenters. The summed E-state index contributed by atoms with van der Waals surface area (Å²) in [6, 6.07) is 12.7. The lowest BCUT2D eigenvalue weighted by molar-refractivity contribution is 0.122. The van der Waals surface area contributed by atoms with Gasteiger partial charge in [0.25, 0.3) is 0 Å². The lowest BCUT2D eigenvalue weighted by Gasteiger charge is -2.28. The minimum absolute atomic E-state index is 0.0301. The quantitative estimate of drug-likeness (QED) is 0.658. The van der Waals surface area contributed by atoms with Crippen LogP contribution in [0.25, 0.3) is 11.4 Å². The summed E-state index contributed by atoms with van der Waals surface area (Å²) in [6.07, 6.45) is 1.61. The molecule has 28 heavy (non-hydrogen) atoms. The Morgan fingerprint density at radius 2 is 1.75 bits per heavy atom. The van der Waals surface area contributed by atoms with E-state index in [2.05, 4.69) is 14.9 Å². The highest BCUT2D eigenvalue weighted by Crippen LogP contribution is 2.40. The number of benzene rings is 2. The van der Waals surface area contributed by atoms with Crippen molar-refractivity contribution in [3.05, 3.63) is 58.7 Å². The van der Waals surface area contributed by atoms with E-state index in [-0.39, 0.29) is 21.5 Å². The minimum Gasteiger partial charge on any atom is -0.505 e. The summed E-state index contributed by atoms with van der Waals surface area (Å²) < 4.78 is 11.1. The van der Waals surface area contributed by atoms with Gasteiger partial charge in [0.1, 0.15) is 5.02 Å². The molecule has 1 saturated heterocycles. The Hall–Kier alpha value is -2.54. The number of halogens is 2. The van der Waals surface area contributed by atoms with Crippen LogP contribution in [0.2, 0.25) is 10.0 Å². The molecule has 8 heteroatoms. The first-order valence-electron chi connectivity index (χ1n) is 8.73. The van der Waals surface area contributed by atoms with Gasteiger partial charge in [-0.3, -0.25) is 0 Å². The molecule has 0 spiro atoms. The molecule has 1 aliphatic heterocycles. The standard InChI is InChI=1S/C20H17Cl2N3O3/c21-15-5-6-16(18(22)19(15)26)28-17-7-8-23-20(24-17)13-1-3-14(4-2-13)25-9-11-27-12-10-25/h1-8,26H,9-12H2. The highest BCUT2D eigenvalue weighted by atomic mass is 35.5. The number of aromatic hydroxyl groups is 1. The molecule has 1 aliphatic rings. The van der Waals surface area contributed by atoms with E-state index in [0.29, 0.717) is 11.7 Å². The Balaban J connectivity index is 1.54. The first-order valence-corrected chi connectivity index (χ1v) is 9.48. The lowest BCUT2D eigenvalue weighted by atomic mass is 10.1. The Labute approximate surface area is 172 Å². The van der Waals surface area contributed by atoms with E-state index in [1.54, 1.807) is 18.3 Å². The van der Waals surface area contributed by atoms with Crippen LogP contribution in [0.1, 0.15) is 0 Å². The second kappa shape index (κ2) is 8.22. The number of phenols is 1. The van der Waals surface area contributed by atoms with Gasteiger partial charge >= 0.3 is 0 Å². The van der Waals surface area contributed by atoms with Gasteiger partial charge in [0, 0.05) is 36.6 Å². The zero-order valence-electron chi connectivity index (χ0n) is 14.8. The fourth-order valence-corrected chi connectivity index (χ4v) is 3.30. The Morgan fingerprint density at radius 3 is 2.50 bits per heavy atom. The fraction of sp³-hybridized carbons (Fsp3) is 0.200. The normalized spacial score (nSPS) is 14.1. The molecular formula is C20H17Cl2N3O3. The van der Waals surface area contributed by atoms with Crippen molar-refractivity contribution in [1.29, 1.82) is 0 Å². The molecule has 6 nitrogen and oxygen atoms in total. The number of hydrogen-bond donors (Lipinski definition) is 1. The summed E-state index contributed by atoms with van der Waals surface area (Å²) in [4.78, 5) is 11.0. The average molecular weight is 418 g/mol. The molecule has 1 N–H and O–H groups in total. The Bertz CT molecular complexity index is 977. The fourth-order valence-electron chi connectivity index (χ4n) is 2.89. The molecule has 3 aromatic rings. The number of ether oxygens (including phenoxy) is 2. The molecule has 0 aliphatic carbocycles. The van der Waals surface area contributed by atoms with E-state index in [4.69, 9.17) is 32.7 Å². The van der Waals surface area contributed by atoms with Crippen LogP contribution in [0.15, 0.2) is 48.7 Å². The van der Waals surface area contributed by atoms with E-state index in [1.807, 2.05) is 24.3 Å². The van der Waals surface area contributed by atoms with Crippen LogP contribution in [0.3, 0.4) is 0 Å². The predicted molar refractivity (Wildman–Crippen MR) is 109 cm³/mol. The first-order chi connectivity index (χ1) is 13.6. The van der Waals surface area contributed by atoms with Gasteiger partial charge < -0.3 is 19.5 Å². The largest absolute Gasteiger partial charge is 0.505 e. The molecule has 4 rings (SSSR count). The van der Waals surface area contributed by atoms with Gasteiger partial charge in [-0.05, 0) is 36.4 Å². The monoisotopic (exact) mass is 417 g/mol.